The van der Waals surface area contributed by atoms with Crippen molar-refractivity contribution in [2.75, 3.05) is 6.26 Å². The number of ketones is 1. The van der Waals surface area contributed by atoms with Crippen LogP contribution >= 0.6 is 45.8 Å². The second kappa shape index (κ2) is 4.80. The Balaban J connectivity index is 3.23. The van der Waals surface area contributed by atoms with Gasteiger partial charge in [0.15, 0.2) is 9.84 Å². The van der Waals surface area contributed by atoms with Crippen LogP contribution in [0.4, 0.5) is 0 Å². The number of hydrogen-bond acceptors (Lipinski definition) is 3. The lowest BCUT2D eigenvalue weighted by Crippen LogP contribution is -2.34. The minimum Gasteiger partial charge on any atom is -0.290 e. The van der Waals surface area contributed by atoms with Crippen molar-refractivity contribution < 1.29 is 13.2 Å². The van der Waals surface area contributed by atoms with E-state index in [0.717, 1.165) is 6.26 Å². The molecule has 1 rings (SSSR count). The summed E-state index contributed by atoms with van der Waals surface area (Å²) in [5.41, 5.74) is 0.169. The molecule has 0 radical (unpaired) electrons. The molecule has 0 N–H and O–H groups in total. The van der Waals surface area contributed by atoms with Gasteiger partial charge in [-0.15, -0.1) is 0 Å². The summed E-state index contributed by atoms with van der Waals surface area (Å²) in [6.45, 7) is 0. The van der Waals surface area contributed by atoms with Crippen molar-refractivity contribution in [1.82, 2.24) is 0 Å². The highest BCUT2D eigenvalue weighted by Crippen LogP contribution is 2.34. The molecule has 0 aliphatic rings. The molecule has 7 heteroatoms. The van der Waals surface area contributed by atoms with Gasteiger partial charge in [-0.1, -0.05) is 35.3 Å². The Morgan fingerprint density at radius 3 is 2.44 bits per heavy atom. The molecule has 0 amide bonds. The molecule has 3 nitrogen and oxygen atoms in total. The molecule has 0 aromatic heterocycles. The SMILES string of the molecule is CS(=O)(=O)C(Cl)(I)C(=O)c1cccc(Cl)c1. The van der Waals surface area contributed by atoms with Crippen molar-refractivity contribution in [3.05, 3.63) is 34.9 Å². The molecule has 0 aliphatic heterocycles. The van der Waals surface area contributed by atoms with E-state index in [-0.39, 0.29) is 5.56 Å². The molecule has 1 unspecified atom stereocenters. The monoisotopic (exact) mass is 392 g/mol. The first-order valence-corrected chi connectivity index (χ1v) is 7.76. The number of alkyl halides is 2. The third-order valence-electron chi connectivity index (χ3n) is 1.82. The zero-order chi connectivity index (χ0) is 12.6. The van der Waals surface area contributed by atoms with Crippen LogP contribution in [0.5, 0.6) is 0 Å². The second-order valence-electron chi connectivity index (χ2n) is 3.13. The molecule has 0 bridgehead atoms. The number of carbonyl (C=O) groups excluding carboxylic acids is 1. The van der Waals surface area contributed by atoms with Crippen molar-refractivity contribution >= 4 is 61.4 Å². The van der Waals surface area contributed by atoms with E-state index in [9.17, 15) is 13.2 Å². The Hall–Kier alpha value is 0.150. The standard InChI is InChI=1S/C9H7Cl2IO3S/c1-16(14,15)9(11,12)8(13)6-3-2-4-7(10)5-6/h2-5H,1H3. The van der Waals surface area contributed by atoms with E-state index in [2.05, 4.69) is 0 Å². The number of hydrogen-bond donors (Lipinski definition) is 0. The van der Waals surface area contributed by atoms with Crippen LogP contribution in [-0.2, 0) is 9.84 Å². The zero-order valence-corrected chi connectivity index (χ0v) is 12.6. The number of rotatable bonds is 3. The summed E-state index contributed by atoms with van der Waals surface area (Å²) < 4.78 is 20.7. The molecular weight excluding hydrogens is 386 g/mol. The maximum atomic E-state index is 11.9. The number of sulfone groups is 1. The van der Waals surface area contributed by atoms with E-state index in [1.54, 1.807) is 12.1 Å². The first-order chi connectivity index (χ1) is 7.16. The van der Waals surface area contributed by atoms with Crippen LogP contribution in [-0.4, -0.2) is 22.7 Å². The predicted octanol–water partition coefficient (Wildman–Crippen LogP) is 2.89. The van der Waals surface area contributed by atoms with Crippen LogP contribution in [0.2, 0.25) is 5.02 Å². The predicted molar refractivity (Wildman–Crippen MR) is 73.2 cm³/mol. The molecule has 0 spiro atoms. The van der Waals surface area contributed by atoms with Crippen molar-refractivity contribution in [2.45, 2.75) is 2.21 Å². The summed E-state index contributed by atoms with van der Waals surface area (Å²) in [6, 6.07) is 5.99. The fourth-order valence-electron chi connectivity index (χ4n) is 0.966. The second-order valence-corrected chi connectivity index (χ2v) is 9.50. The molecule has 0 saturated carbocycles. The lowest BCUT2D eigenvalue weighted by Gasteiger charge is -2.16. The largest absolute Gasteiger partial charge is 0.290 e. The van der Waals surface area contributed by atoms with Crippen LogP contribution in [0, 0.1) is 0 Å². The van der Waals surface area contributed by atoms with Crippen molar-refractivity contribution in [1.29, 1.82) is 0 Å². The number of carbonyl (C=O) groups is 1. The topological polar surface area (TPSA) is 51.2 Å². The summed E-state index contributed by atoms with van der Waals surface area (Å²) >= 11 is 12.9. The number of Topliss-reactive ketones (excluding diaryl/α,β-unsaturated/α-hetero) is 1. The molecule has 0 aliphatic carbocycles. The van der Waals surface area contributed by atoms with E-state index in [4.69, 9.17) is 23.2 Å². The maximum Gasteiger partial charge on any atom is 0.257 e. The van der Waals surface area contributed by atoms with Crippen LogP contribution in [0.1, 0.15) is 10.4 Å². The van der Waals surface area contributed by atoms with Gasteiger partial charge < -0.3 is 0 Å². The van der Waals surface area contributed by atoms with Gasteiger partial charge in [0.2, 0.25) is 5.78 Å². The average Bonchev–Trinajstić information content (AvgIpc) is 2.14. The Labute approximate surface area is 117 Å². The van der Waals surface area contributed by atoms with Gasteiger partial charge in [0, 0.05) is 16.8 Å². The van der Waals surface area contributed by atoms with E-state index in [1.807, 2.05) is 0 Å². The Kier molecular flexibility index (Phi) is 4.26. The van der Waals surface area contributed by atoms with E-state index >= 15 is 0 Å². The Morgan fingerprint density at radius 2 is 2.00 bits per heavy atom. The lowest BCUT2D eigenvalue weighted by molar-refractivity contribution is 0.100. The molecule has 88 valence electrons. The van der Waals surface area contributed by atoms with Crippen LogP contribution in [0.25, 0.3) is 0 Å². The molecule has 0 saturated heterocycles. The fraction of sp³-hybridized carbons (Fsp3) is 0.222. The van der Waals surface area contributed by atoms with Crippen molar-refractivity contribution in [2.24, 2.45) is 0 Å². The van der Waals surface area contributed by atoms with Gasteiger partial charge in [0.25, 0.3) is 2.21 Å². The summed E-state index contributed by atoms with van der Waals surface area (Å²) in [5, 5.41) is 0.350. The Morgan fingerprint density at radius 1 is 1.44 bits per heavy atom. The number of halogens is 3. The average molecular weight is 393 g/mol. The van der Waals surface area contributed by atoms with E-state index < -0.39 is 17.8 Å². The molecule has 1 aromatic carbocycles. The number of benzene rings is 1. The van der Waals surface area contributed by atoms with Gasteiger partial charge >= 0.3 is 0 Å². The molecule has 0 fully saturated rings. The smallest absolute Gasteiger partial charge is 0.257 e. The summed E-state index contributed by atoms with van der Waals surface area (Å²) in [6.07, 6.45) is 0.912. The lowest BCUT2D eigenvalue weighted by atomic mass is 10.1. The van der Waals surface area contributed by atoms with Gasteiger partial charge in [0.05, 0.1) is 0 Å². The molecule has 1 aromatic rings. The molecule has 16 heavy (non-hydrogen) atoms. The quantitative estimate of drug-likeness (QED) is 0.451. The van der Waals surface area contributed by atoms with Gasteiger partial charge in [-0.05, 0) is 34.7 Å². The van der Waals surface area contributed by atoms with Gasteiger partial charge in [-0.2, -0.15) is 0 Å². The van der Waals surface area contributed by atoms with Gasteiger partial charge in [0.1, 0.15) is 0 Å². The summed E-state index contributed by atoms with van der Waals surface area (Å²) in [7, 11) is -3.70. The zero-order valence-electron chi connectivity index (χ0n) is 8.08. The highest BCUT2D eigenvalue weighted by atomic mass is 127. The maximum absolute atomic E-state index is 11.9. The Bertz CT molecular complexity index is 525. The highest BCUT2D eigenvalue weighted by molar-refractivity contribution is 14.1. The van der Waals surface area contributed by atoms with Crippen LogP contribution < -0.4 is 0 Å². The van der Waals surface area contributed by atoms with E-state index in [1.165, 1.54) is 34.7 Å². The molecule has 1 atom stereocenters. The third-order valence-corrected chi connectivity index (χ3v) is 7.07. The normalized spacial score (nSPS) is 15.5. The minimum atomic E-state index is -3.70. The summed E-state index contributed by atoms with van der Waals surface area (Å²) in [4.78, 5) is 11.9. The molecular formula is C9H7Cl2IO3S. The molecule has 0 heterocycles. The van der Waals surface area contributed by atoms with Crippen molar-refractivity contribution in [3.63, 3.8) is 0 Å². The van der Waals surface area contributed by atoms with Crippen LogP contribution in [0.15, 0.2) is 24.3 Å². The summed E-state index contributed by atoms with van der Waals surface area (Å²) in [5.74, 6) is -0.695. The van der Waals surface area contributed by atoms with E-state index in [0.29, 0.717) is 5.02 Å². The van der Waals surface area contributed by atoms with Crippen LogP contribution in [0.3, 0.4) is 0 Å². The fourth-order valence-corrected chi connectivity index (χ4v) is 2.03. The first-order valence-electron chi connectivity index (χ1n) is 4.04. The van der Waals surface area contributed by atoms with Gasteiger partial charge in [-0.3, -0.25) is 4.79 Å². The third kappa shape index (κ3) is 2.88. The minimum absolute atomic E-state index is 0.169. The highest BCUT2D eigenvalue weighted by Gasteiger charge is 2.44. The van der Waals surface area contributed by atoms with Crippen molar-refractivity contribution in [3.8, 4) is 0 Å². The first kappa shape index (κ1) is 14.2. The van der Waals surface area contributed by atoms with Gasteiger partial charge in [-0.25, -0.2) is 8.42 Å².